The molecule has 11 atom stereocenters. The van der Waals surface area contributed by atoms with Gasteiger partial charge in [0, 0.05) is 45.7 Å². The van der Waals surface area contributed by atoms with Gasteiger partial charge in [-0.1, -0.05) is 41.1 Å². The van der Waals surface area contributed by atoms with Crippen molar-refractivity contribution in [3.8, 4) is 0 Å². The number of carbonyl (C=O) groups is 6. The zero-order valence-electron chi connectivity index (χ0n) is 34.5. The molecule has 4 aliphatic carbocycles. The van der Waals surface area contributed by atoms with Gasteiger partial charge in [-0.3, -0.25) is 33.3 Å². The van der Waals surface area contributed by atoms with Crippen molar-refractivity contribution < 1.29 is 76.1 Å². The maximum Gasteiger partial charge on any atom is 0.470 e. The van der Waals surface area contributed by atoms with Crippen LogP contribution in [-0.2, 0) is 53.8 Å². The van der Waals surface area contributed by atoms with Crippen molar-refractivity contribution in [1.29, 1.82) is 0 Å². The van der Waals surface area contributed by atoms with Crippen LogP contribution in [-0.4, -0.2) is 109 Å². The minimum absolute atomic E-state index is 0.0355. The third kappa shape index (κ3) is 8.70. The summed E-state index contributed by atoms with van der Waals surface area (Å²) in [7, 11) is -5.17. The number of aliphatic hydroxyl groups is 1. The van der Waals surface area contributed by atoms with Crippen molar-refractivity contribution in [2.75, 3.05) is 23.8 Å². The van der Waals surface area contributed by atoms with Crippen molar-refractivity contribution in [2.24, 2.45) is 22.7 Å². The Labute approximate surface area is 377 Å². The fraction of sp³-hybridized carbons (Fsp3) is 0.524. The Morgan fingerprint density at radius 2 is 1.86 bits per heavy atom. The molecule has 0 unspecified atom stereocenters. The lowest BCUT2D eigenvalue weighted by Crippen LogP contribution is -2.70. The first kappa shape index (κ1) is 47.9. The summed E-state index contributed by atoms with van der Waals surface area (Å²) in [5, 5.41) is 30.3. The topological polar surface area (TPSA) is 264 Å². The second-order valence-electron chi connectivity index (χ2n) is 17.3. The lowest BCUT2D eigenvalue weighted by atomic mass is 9.44. The number of thiophene rings is 1. The van der Waals surface area contributed by atoms with E-state index in [4.69, 9.17) is 9.47 Å². The molecule has 3 amide bonds. The molecule has 2 aromatic rings. The summed E-state index contributed by atoms with van der Waals surface area (Å²) in [5.41, 5.74) is -6.19. The van der Waals surface area contributed by atoms with Gasteiger partial charge in [-0.15, -0.1) is 11.3 Å². The number of Topliss-reactive ketones (excluding diaryl/α,β-unsaturated/α-hetero) is 1. The minimum Gasteiger partial charge on any atom is -0.481 e. The second kappa shape index (κ2) is 18.0. The van der Waals surface area contributed by atoms with Gasteiger partial charge in [0.15, 0.2) is 29.1 Å². The van der Waals surface area contributed by atoms with Gasteiger partial charge in [0.1, 0.15) is 18.8 Å². The van der Waals surface area contributed by atoms with Gasteiger partial charge < -0.3 is 45.4 Å². The second-order valence-corrected chi connectivity index (χ2v) is 20.1. The van der Waals surface area contributed by atoms with Gasteiger partial charge in [0.25, 0.3) is 0 Å². The molecule has 2 heterocycles. The molecule has 1 aromatic carbocycles. The summed E-state index contributed by atoms with van der Waals surface area (Å²) in [6, 6.07) is 7.29. The Morgan fingerprint density at radius 1 is 1.11 bits per heavy atom. The van der Waals surface area contributed by atoms with Crippen LogP contribution in [0.3, 0.4) is 0 Å². The van der Waals surface area contributed by atoms with E-state index in [1.165, 1.54) is 24.3 Å². The molecular formula is C42H47BrF2N3O14PS. The molecule has 7 N–H and O–H groups in total. The van der Waals surface area contributed by atoms with Crippen LogP contribution in [0.2, 0.25) is 0 Å². The molecule has 3 saturated carbocycles. The van der Waals surface area contributed by atoms with E-state index < -0.39 is 134 Å². The Kier molecular flexibility index (Phi) is 13.5. The molecule has 4 fully saturated rings. The van der Waals surface area contributed by atoms with Gasteiger partial charge in [0.05, 0.1) is 24.1 Å². The first-order valence-corrected chi connectivity index (χ1v) is 23.9. The van der Waals surface area contributed by atoms with Crippen molar-refractivity contribution in [2.45, 2.75) is 94.4 Å². The molecule has 17 nitrogen and oxygen atoms in total. The van der Waals surface area contributed by atoms with Crippen molar-refractivity contribution >= 4 is 76.0 Å². The molecule has 1 aromatic heterocycles. The van der Waals surface area contributed by atoms with E-state index in [0.717, 1.165) is 22.6 Å². The summed E-state index contributed by atoms with van der Waals surface area (Å²) in [5.74, 6) is -6.46. The summed E-state index contributed by atoms with van der Waals surface area (Å²) in [6.07, 6.45) is -3.52. The largest absolute Gasteiger partial charge is 0.481 e. The lowest BCUT2D eigenvalue weighted by molar-refractivity contribution is -0.235. The molecule has 22 heteroatoms. The molecule has 0 radical (unpaired) electrons. The molecule has 0 bridgehead atoms. The van der Waals surface area contributed by atoms with Gasteiger partial charge >= 0.3 is 13.8 Å². The van der Waals surface area contributed by atoms with Crippen LogP contribution in [0.5, 0.6) is 0 Å². The molecule has 0 spiro atoms. The molecule has 1 saturated heterocycles. The van der Waals surface area contributed by atoms with Gasteiger partial charge in [-0.05, 0) is 85.4 Å². The van der Waals surface area contributed by atoms with Crippen LogP contribution < -0.4 is 16.0 Å². The van der Waals surface area contributed by atoms with E-state index in [2.05, 4.69) is 36.4 Å². The highest BCUT2D eigenvalue weighted by Gasteiger charge is 2.80. The maximum absolute atomic E-state index is 17.9. The average Bonchev–Trinajstić information content (AvgIpc) is 3.92. The van der Waals surface area contributed by atoms with Crippen molar-refractivity contribution in [3.63, 3.8) is 0 Å². The predicted molar refractivity (Wildman–Crippen MR) is 226 cm³/mol. The summed E-state index contributed by atoms with van der Waals surface area (Å²) < 4.78 is 63.5. The zero-order chi connectivity index (χ0) is 46.6. The molecule has 1 aliphatic heterocycles. The number of anilines is 1. The predicted octanol–water partition coefficient (Wildman–Crippen LogP) is 3.90. The number of carboxylic acids is 1. The van der Waals surface area contributed by atoms with Crippen LogP contribution >= 0.6 is 35.1 Å². The number of nitrogens with one attached hydrogen (secondary N) is 3. The number of carboxylic acid groups (broad SMARTS) is 1. The number of phosphoric ester groups is 1. The van der Waals surface area contributed by atoms with Gasteiger partial charge in [0.2, 0.25) is 17.7 Å². The van der Waals surface area contributed by atoms with Crippen LogP contribution in [0, 0.1) is 22.7 Å². The van der Waals surface area contributed by atoms with E-state index in [9.17, 15) is 53.3 Å². The van der Waals surface area contributed by atoms with Crippen molar-refractivity contribution in [3.05, 3.63) is 75.5 Å². The zero-order valence-corrected chi connectivity index (χ0v) is 37.8. The fourth-order valence-electron chi connectivity index (χ4n) is 10.7. The van der Waals surface area contributed by atoms with Crippen LogP contribution in [0.4, 0.5) is 14.5 Å². The third-order valence-electron chi connectivity index (χ3n) is 13.5. The number of ketones is 2. The highest BCUT2D eigenvalue weighted by atomic mass is 79.9. The SMILES string of the molecule is C[C@]12C=CC(=O)C=C1[C@@H](F)C[C@H]1[C@@H]3C[C@H]4O[C@@H](c5csc(Cc6cccc(NC(=O)[C@H](CCC(=O)O)NC(=O)CNC(=O)CBr)c6)c5)O[C@@]4(C(=O)COP(=O)(O)O)[C@@]3(C)C[C@H](O)[C@@]12F. The molecule has 64 heavy (non-hydrogen) atoms. The standard InChI is InChI=1S/C42H47BrF2N3O14PS/c1-39-9-8-24(49)13-28(39)29(44)14-27-26-15-33-42(32(51)19-60-63(57,58)59,40(26,2)16-31(50)41(27,39)45)62-38(61-33)22-12-25(64-20-22)11-21-4-3-5-23(10-21)47-37(56)30(6-7-36(54)55)48-35(53)18-46-34(52)17-43/h3-5,8-10,12-13,20,26-27,29-31,33,38,50H,6-7,11,14-19H2,1-2H3,(H,46,52)(H,47,56)(H,48,53)(H,54,55)(H2,57,58,59)/t26-,27-,29-,30-,31-,33+,38+,39-,40-,41-,42+/m0/s1. The average molecular weight is 999 g/mol. The summed E-state index contributed by atoms with van der Waals surface area (Å²) in [4.78, 5) is 95.0. The van der Waals surface area contributed by atoms with Crippen LogP contribution in [0.15, 0.2) is 59.5 Å². The third-order valence-corrected chi connectivity index (χ3v) is 15.5. The van der Waals surface area contributed by atoms with E-state index in [-0.39, 0.29) is 30.2 Å². The fourth-order valence-corrected chi connectivity index (χ4v) is 12.1. The Hall–Kier alpha value is -4.05. The van der Waals surface area contributed by atoms with E-state index in [1.807, 2.05) is 0 Å². The number of carbonyl (C=O) groups excluding carboxylic acids is 5. The Morgan fingerprint density at radius 3 is 2.56 bits per heavy atom. The monoisotopic (exact) mass is 997 g/mol. The normalized spacial score (nSPS) is 33.2. The minimum atomic E-state index is -5.17. The number of benzene rings is 1. The number of rotatable bonds is 16. The number of allylic oxidation sites excluding steroid dienone is 4. The quantitative estimate of drug-likeness (QED) is 0.0930. The molecule has 5 aliphatic rings. The summed E-state index contributed by atoms with van der Waals surface area (Å²) in [6.45, 7) is 1.53. The number of aliphatic hydroxyl groups excluding tert-OH is 1. The number of phosphoric acid groups is 1. The number of fused-ring (bicyclic) bond motifs is 7. The van der Waals surface area contributed by atoms with Crippen LogP contribution in [0.25, 0.3) is 0 Å². The summed E-state index contributed by atoms with van der Waals surface area (Å²) >= 11 is 4.28. The maximum atomic E-state index is 17.9. The lowest BCUT2D eigenvalue weighted by Gasteiger charge is -2.63. The number of alkyl halides is 3. The highest BCUT2D eigenvalue weighted by molar-refractivity contribution is 9.09. The molecule has 346 valence electrons. The number of aliphatic carboxylic acids is 1. The van der Waals surface area contributed by atoms with E-state index in [1.54, 1.807) is 42.6 Å². The number of halogens is 3. The Balaban J connectivity index is 1.10. The Bertz CT molecular complexity index is 2360. The van der Waals surface area contributed by atoms with Crippen molar-refractivity contribution in [1.82, 2.24) is 10.6 Å². The van der Waals surface area contributed by atoms with E-state index in [0.29, 0.717) is 17.7 Å². The van der Waals surface area contributed by atoms with Gasteiger partial charge in [-0.2, -0.15) is 0 Å². The van der Waals surface area contributed by atoms with Gasteiger partial charge in [-0.25, -0.2) is 13.3 Å². The highest BCUT2D eigenvalue weighted by Crippen LogP contribution is 2.73. The number of amides is 3. The number of hydrogen-bond donors (Lipinski definition) is 7. The van der Waals surface area contributed by atoms with Crippen LogP contribution in [0.1, 0.15) is 68.2 Å². The van der Waals surface area contributed by atoms with E-state index >= 15 is 8.78 Å². The molecular weight excluding hydrogens is 951 g/mol. The number of ether oxygens (including phenoxy) is 2. The molecule has 7 rings (SSSR count). The number of hydrogen-bond acceptors (Lipinski definition) is 12. The first-order chi connectivity index (χ1) is 30.0. The smallest absolute Gasteiger partial charge is 0.470 e. The first-order valence-electron chi connectivity index (χ1n) is 20.4.